The van der Waals surface area contributed by atoms with Crippen molar-refractivity contribution in [3.8, 4) is 0 Å². The highest BCUT2D eigenvalue weighted by Gasteiger charge is 2.25. The third-order valence-corrected chi connectivity index (χ3v) is 8.34. The Morgan fingerprint density at radius 3 is 2.61 bits per heavy atom. The lowest BCUT2D eigenvalue weighted by Gasteiger charge is -2.32. The Morgan fingerprint density at radius 2 is 1.85 bits per heavy atom. The van der Waals surface area contributed by atoms with E-state index in [9.17, 15) is 19.2 Å². The van der Waals surface area contributed by atoms with Crippen LogP contribution < -0.4 is 16.1 Å². The molecular weight excluding hydrogens is 661 g/mol. The number of amides is 2. The summed E-state index contributed by atoms with van der Waals surface area (Å²) in [6.45, 7) is 2.07. The molecule has 2 aromatic carbocycles. The average Bonchev–Trinajstić information content (AvgIpc) is 3.76. The number of rotatable bonds is 9. The first-order valence-corrected chi connectivity index (χ1v) is 15.3. The number of carbonyl (C=O) groups is 2. The van der Waals surface area contributed by atoms with E-state index in [2.05, 4.69) is 46.9 Å². The van der Waals surface area contributed by atoms with E-state index < -0.39 is 5.82 Å². The van der Waals surface area contributed by atoms with Crippen LogP contribution in [-0.4, -0.2) is 67.1 Å². The SMILES string of the molecule is O=C(NCc1ccc(C(=O)N2CCC(CNc3nonc3C(=Nc3ccc(F)c(Br)c3)NO)CC2)cc1)c1ccc2nccn2c1. The summed E-state index contributed by atoms with van der Waals surface area (Å²) in [6, 6.07) is 14.9. The highest BCUT2D eigenvalue weighted by molar-refractivity contribution is 9.10. The minimum Gasteiger partial charge on any atom is -0.365 e. The van der Waals surface area contributed by atoms with Crippen LogP contribution in [0, 0.1) is 11.7 Å². The summed E-state index contributed by atoms with van der Waals surface area (Å²) in [6.07, 6.45) is 6.75. The number of halogens is 2. The first-order chi connectivity index (χ1) is 22.4. The molecule has 4 N–H and O–H groups in total. The fraction of sp³-hybridized carbons (Fsp3) is 0.226. The lowest BCUT2D eigenvalue weighted by atomic mass is 9.96. The van der Waals surface area contributed by atoms with Crippen LogP contribution in [0.2, 0.25) is 0 Å². The number of carbonyl (C=O) groups excluding carboxylic acids is 2. The molecule has 0 bridgehead atoms. The number of pyridine rings is 1. The van der Waals surface area contributed by atoms with Gasteiger partial charge in [0.1, 0.15) is 11.5 Å². The second kappa shape index (κ2) is 13.9. The van der Waals surface area contributed by atoms with E-state index in [0.717, 1.165) is 24.1 Å². The van der Waals surface area contributed by atoms with Crippen LogP contribution in [0.15, 0.2) is 87.3 Å². The molecule has 0 aliphatic carbocycles. The van der Waals surface area contributed by atoms with E-state index in [1.54, 1.807) is 47.3 Å². The predicted molar refractivity (Wildman–Crippen MR) is 169 cm³/mol. The Morgan fingerprint density at radius 1 is 1.07 bits per heavy atom. The van der Waals surface area contributed by atoms with Crippen molar-refractivity contribution in [2.45, 2.75) is 19.4 Å². The number of hydrogen-bond donors (Lipinski definition) is 4. The Labute approximate surface area is 270 Å². The van der Waals surface area contributed by atoms with Crippen LogP contribution in [0.1, 0.15) is 44.8 Å². The molecule has 0 atom stereocenters. The van der Waals surface area contributed by atoms with Gasteiger partial charge >= 0.3 is 0 Å². The van der Waals surface area contributed by atoms with E-state index >= 15 is 0 Å². The number of fused-ring (bicyclic) bond motifs is 1. The number of nitrogens with one attached hydrogen (secondary N) is 3. The van der Waals surface area contributed by atoms with Crippen molar-refractivity contribution in [2.75, 3.05) is 25.0 Å². The Hall–Kier alpha value is -5.15. The van der Waals surface area contributed by atoms with Crippen molar-refractivity contribution < 1.29 is 23.8 Å². The standard InChI is InChI=1S/C31H29BrFN9O4/c32-24-15-23(6-7-25(24)33)37-29(38-45)27-28(40-46-39-27)35-16-20-9-12-41(13-10-20)31(44)21-3-1-19(2-4-21)17-36-30(43)22-5-8-26-34-11-14-42(26)18-22/h1-8,11,14-15,18,20,45H,9-10,12-13,16-17H2,(H,35,40)(H,36,43)(H,37,38). The summed E-state index contributed by atoms with van der Waals surface area (Å²) in [5.41, 5.74) is 5.31. The molecule has 1 aliphatic heterocycles. The van der Waals surface area contributed by atoms with E-state index in [1.165, 1.54) is 18.2 Å². The maximum Gasteiger partial charge on any atom is 0.253 e. The van der Waals surface area contributed by atoms with Crippen LogP contribution in [0.5, 0.6) is 0 Å². The number of amidine groups is 1. The Bertz CT molecular complexity index is 1880. The third-order valence-electron chi connectivity index (χ3n) is 7.73. The van der Waals surface area contributed by atoms with Crippen molar-refractivity contribution in [3.63, 3.8) is 0 Å². The number of benzene rings is 2. The van der Waals surface area contributed by atoms with Gasteiger partial charge in [0.2, 0.25) is 5.82 Å². The normalized spacial score (nSPS) is 14.0. The molecule has 0 spiro atoms. The van der Waals surface area contributed by atoms with Gasteiger partial charge in [0, 0.05) is 50.3 Å². The van der Waals surface area contributed by atoms with E-state index in [0.29, 0.717) is 43.0 Å². The number of likely N-dealkylation sites (tertiary alicyclic amines) is 1. The van der Waals surface area contributed by atoms with Crippen molar-refractivity contribution in [1.82, 2.24) is 35.4 Å². The molecule has 5 aromatic rings. The zero-order valence-electron chi connectivity index (χ0n) is 24.4. The molecule has 236 valence electrons. The summed E-state index contributed by atoms with van der Waals surface area (Å²) >= 11 is 3.12. The predicted octanol–water partition coefficient (Wildman–Crippen LogP) is 4.57. The number of hydrogen-bond acceptors (Lipinski definition) is 9. The number of hydroxylamine groups is 1. The van der Waals surface area contributed by atoms with Gasteiger partial charge in [0.25, 0.3) is 11.8 Å². The summed E-state index contributed by atoms with van der Waals surface area (Å²) < 4.78 is 20.5. The molecule has 1 saturated heterocycles. The van der Waals surface area contributed by atoms with Gasteiger partial charge in [-0.25, -0.2) is 19.0 Å². The molecule has 6 rings (SSSR count). The topological polar surface area (TPSA) is 162 Å². The van der Waals surface area contributed by atoms with Crippen LogP contribution in [0.3, 0.4) is 0 Å². The van der Waals surface area contributed by atoms with Crippen LogP contribution >= 0.6 is 15.9 Å². The molecule has 0 unspecified atom stereocenters. The van der Waals surface area contributed by atoms with Crippen molar-refractivity contribution >= 4 is 50.7 Å². The zero-order valence-corrected chi connectivity index (χ0v) is 25.9. The van der Waals surface area contributed by atoms with E-state index in [4.69, 9.17) is 4.63 Å². The highest BCUT2D eigenvalue weighted by Crippen LogP contribution is 2.24. The van der Waals surface area contributed by atoms with Crippen molar-refractivity contribution in [2.24, 2.45) is 10.9 Å². The van der Waals surface area contributed by atoms with Crippen LogP contribution in [-0.2, 0) is 6.54 Å². The Balaban J connectivity index is 0.977. The quantitative estimate of drug-likeness (QED) is 0.0987. The van der Waals surface area contributed by atoms with E-state index in [1.807, 2.05) is 22.5 Å². The molecule has 4 heterocycles. The second-order valence-electron chi connectivity index (χ2n) is 10.7. The van der Waals surface area contributed by atoms with Crippen LogP contribution in [0.4, 0.5) is 15.9 Å². The maximum absolute atomic E-state index is 13.6. The number of anilines is 1. The van der Waals surface area contributed by atoms with Gasteiger partial charge < -0.3 is 19.9 Å². The molecule has 0 saturated carbocycles. The molecule has 15 heteroatoms. The number of aliphatic imine (C=N–C) groups is 1. The first-order valence-electron chi connectivity index (χ1n) is 14.5. The number of nitrogens with zero attached hydrogens (tertiary/aromatic N) is 6. The monoisotopic (exact) mass is 689 g/mol. The van der Waals surface area contributed by atoms with Gasteiger partial charge in [-0.2, -0.15) is 0 Å². The molecule has 1 aliphatic rings. The number of imidazole rings is 1. The third kappa shape index (κ3) is 7.05. The molecular formula is C31H29BrFN9O4. The number of piperidine rings is 1. The lowest BCUT2D eigenvalue weighted by molar-refractivity contribution is 0.0694. The second-order valence-corrected chi connectivity index (χ2v) is 11.6. The smallest absolute Gasteiger partial charge is 0.253 e. The lowest BCUT2D eigenvalue weighted by Crippen LogP contribution is -2.40. The molecule has 13 nitrogen and oxygen atoms in total. The maximum atomic E-state index is 13.6. The fourth-order valence-corrected chi connectivity index (χ4v) is 5.51. The largest absolute Gasteiger partial charge is 0.365 e. The van der Waals surface area contributed by atoms with Gasteiger partial charge in [0.15, 0.2) is 11.5 Å². The van der Waals surface area contributed by atoms with Crippen LogP contribution in [0.25, 0.3) is 5.65 Å². The zero-order chi connectivity index (χ0) is 32.0. The Kier molecular flexibility index (Phi) is 9.30. The first kappa shape index (κ1) is 30.9. The minimum absolute atomic E-state index is 0.0245. The molecule has 0 radical (unpaired) electrons. The van der Waals surface area contributed by atoms with Crippen molar-refractivity contribution in [1.29, 1.82) is 0 Å². The van der Waals surface area contributed by atoms with E-state index in [-0.39, 0.29) is 39.6 Å². The molecule has 46 heavy (non-hydrogen) atoms. The van der Waals surface area contributed by atoms with Gasteiger partial charge in [-0.05, 0) is 93.0 Å². The van der Waals surface area contributed by atoms with Crippen molar-refractivity contribution in [3.05, 3.63) is 106 Å². The molecule has 1 fully saturated rings. The molecule has 3 aromatic heterocycles. The summed E-state index contributed by atoms with van der Waals surface area (Å²) in [5.74, 6) is -0.154. The summed E-state index contributed by atoms with van der Waals surface area (Å²) in [5, 5.41) is 23.5. The minimum atomic E-state index is -0.437. The average molecular weight is 691 g/mol. The van der Waals surface area contributed by atoms with Gasteiger partial charge in [-0.1, -0.05) is 12.1 Å². The van der Waals surface area contributed by atoms with Gasteiger partial charge in [-0.15, -0.1) is 0 Å². The highest BCUT2D eigenvalue weighted by atomic mass is 79.9. The fourth-order valence-electron chi connectivity index (χ4n) is 5.14. The van der Waals surface area contributed by atoms with Gasteiger partial charge in [-0.3, -0.25) is 20.3 Å². The van der Waals surface area contributed by atoms with Gasteiger partial charge in [0.05, 0.1) is 15.7 Å². The number of aromatic nitrogens is 4. The molecule has 2 amide bonds. The summed E-state index contributed by atoms with van der Waals surface area (Å²) in [4.78, 5) is 36.1. The summed E-state index contributed by atoms with van der Waals surface area (Å²) in [7, 11) is 0.